The van der Waals surface area contributed by atoms with Crippen molar-refractivity contribution in [3.63, 3.8) is 0 Å². The zero-order valence-electron chi connectivity index (χ0n) is 19.6. The van der Waals surface area contributed by atoms with Gasteiger partial charge in [0.25, 0.3) is 5.91 Å². The van der Waals surface area contributed by atoms with E-state index in [1.54, 1.807) is 18.4 Å². The molecule has 1 aliphatic rings. The lowest BCUT2D eigenvalue weighted by molar-refractivity contribution is -0.131. The van der Waals surface area contributed by atoms with Gasteiger partial charge in [-0.25, -0.2) is 9.18 Å². The summed E-state index contributed by atoms with van der Waals surface area (Å²) in [6.07, 6.45) is 3.45. The molecule has 1 aromatic carbocycles. The van der Waals surface area contributed by atoms with Crippen LogP contribution < -0.4 is 5.32 Å². The fraction of sp³-hybridized carbons (Fsp3) is 0.346. The highest BCUT2D eigenvalue weighted by molar-refractivity contribution is 6.11. The van der Waals surface area contributed by atoms with Crippen molar-refractivity contribution in [1.82, 2.24) is 14.8 Å². The number of nitrogens with zero attached hydrogens (tertiary/aromatic N) is 2. The molecule has 0 bridgehead atoms. The Morgan fingerprint density at radius 1 is 1.15 bits per heavy atom. The minimum absolute atomic E-state index is 0.326. The summed E-state index contributed by atoms with van der Waals surface area (Å²) in [6, 6.07) is 10.4. The number of halogens is 1. The first-order valence-corrected chi connectivity index (χ1v) is 11.4. The van der Waals surface area contributed by atoms with Crippen molar-refractivity contribution in [3.05, 3.63) is 82.8 Å². The summed E-state index contributed by atoms with van der Waals surface area (Å²) in [5, 5.41) is 2.80. The summed E-state index contributed by atoms with van der Waals surface area (Å²) in [5.41, 5.74) is 1.27. The monoisotopic (exact) mass is 465 g/mol. The molecule has 1 N–H and O–H groups in total. The topological polar surface area (TPSA) is 84.6 Å². The van der Waals surface area contributed by atoms with E-state index in [0.717, 1.165) is 28.5 Å². The lowest BCUT2D eigenvalue weighted by atomic mass is 9.84. The first-order valence-electron chi connectivity index (χ1n) is 11.4. The van der Waals surface area contributed by atoms with Crippen LogP contribution in [-0.2, 0) is 16.9 Å². The van der Waals surface area contributed by atoms with Crippen molar-refractivity contribution in [3.8, 4) is 0 Å². The van der Waals surface area contributed by atoms with E-state index in [4.69, 9.17) is 4.42 Å². The number of nitrogens with one attached hydrogen (secondary N) is 1. The van der Waals surface area contributed by atoms with Gasteiger partial charge in [0.1, 0.15) is 17.1 Å². The van der Waals surface area contributed by atoms with Gasteiger partial charge >= 0.3 is 6.03 Å². The molecule has 34 heavy (non-hydrogen) atoms. The van der Waals surface area contributed by atoms with Crippen molar-refractivity contribution in [2.24, 2.45) is 0 Å². The Hall–Kier alpha value is -3.68. The molecule has 0 saturated carbocycles. The quantitative estimate of drug-likeness (QED) is 0.367. The van der Waals surface area contributed by atoms with Crippen LogP contribution in [0.25, 0.3) is 0 Å². The molecule has 8 heteroatoms. The maximum atomic E-state index is 13.5. The number of rotatable bonds is 9. The number of benzene rings is 1. The average Bonchev–Trinajstić information content (AvgIpc) is 3.49. The number of carbonyl (C=O) groups is 3. The molecule has 1 fully saturated rings. The van der Waals surface area contributed by atoms with Gasteiger partial charge in [-0.05, 0) is 56.2 Å². The van der Waals surface area contributed by atoms with Crippen LogP contribution in [0.5, 0.6) is 0 Å². The number of hydrogen-bond donors (Lipinski definition) is 1. The Balaban J connectivity index is 1.59. The lowest BCUT2D eigenvalue weighted by Crippen LogP contribution is -2.44. The van der Waals surface area contributed by atoms with Crippen LogP contribution >= 0.6 is 0 Å². The third kappa shape index (κ3) is 4.16. The van der Waals surface area contributed by atoms with Crippen LogP contribution in [-0.4, -0.2) is 33.7 Å². The van der Waals surface area contributed by atoms with E-state index in [2.05, 4.69) is 5.32 Å². The highest BCUT2D eigenvalue weighted by Gasteiger charge is 2.52. The van der Waals surface area contributed by atoms with Gasteiger partial charge in [-0.15, -0.1) is 0 Å². The van der Waals surface area contributed by atoms with E-state index >= 15 is 0 Å². The van der Waals surface area contributed by atoms with Gasteiger partial charge in [0.05, 0.1) is 19.4 Å². The second-order valence-corrected chi connectivity index (χ2v) is 8.71. The summed E-state index contributed by atoms with van der Waals surface area (Å²) in [5.74, 6) is -0.485. The van der Waals surface area contributed by atoms with Crippen LogP contribution in [0.15, 0.2) is 53.1 Å². The van der Waals surface area contributed by atoms with E-state index in [0.29, 0.717) is 30.5 Å². The molecule has 1 aliphatic heterocycles. The van der Waals surface area contributed by atoms with Crippen molar-refractivity contribution >= 4 is 17.7 Å². The molecule has 178 valence electrons. The number of carbonyl (C=O) groups excluding carboxylic acids is 3. The average molecular weight is 466 g/mol. The van der Waals surface area contributed by atoms with E-state index in [-0.39, 0.29) is 12.3 Å². The molecular weight excluding hydrogens is 437 g/mol. The molecule has 0 radical (unpaired) electrons. The molecular formula is C26H28FN3O4. The van der Waals surface area contributed by atoms with Crippen molar-refractivity contribution < 1.29 is 23.2 Å². The third-order valence-corrected chi connectivity index (χ3v) is 6.49. The number of ketones is 1. The van der Waals surface area contributed by atoms with Crippen molar-refractivity contribution in [2.75, 3.05) is 6.54 Å². The van der Waals surface area contributed by atoms with Gasteiger partial charge in [0, 0.05) is 17.0 Å². The minimum Gasteiger partial charge on any atom is -0.467 e. The van der Waals surface area contributed by atoms with Gasteiger partial charge in [-0.3, -0.25) is 14.5 Å². The number of imide groups is 1. The molecule has 7 nitrogen and oxygen atoms in total. The van der Waals surface area contributed by atoms with Gasteiger partial charge in [0.15, 0.2) is 5.78 Å². The number of amides is 3. The summed E-state index contributed by atoms with van der Waals surface area (Å²) >= 11 is 0. The van der Waals surface area contributed by atoms with Crippen LogP contribution in [0.1, 0.15) is 59.3 Å². The zero-order chi connectivity index (χ0) is 24.5. The Morgan fingerprint density at radius 3 is 2.53 bits per heavy atom. The lowest BCUT2D eigenvalue weighted by Gasteiger charge is -2.27. The predicted octanol–water partition coefficient (Wildman–Crippen LogP) is 4.71. The number of Topliss-reactive ketones (excluding diaryl/α,β-unsaturated/α-hetero) is 1. The van der Waals surface area contributed by atoms with E-state index < -0.39 is 23.3 Å². The van der Waals surface area contributed by atoms with Crippen LogP contribution in [0.4, 0.5) is 9.18 Å². The molecule has 0 unspecified atom stereocenters. The Bertz CT molecular complexity index is 1210. The molecule has 2 aromatic heterocycles. The molecule has 4 rings (SSSR count). The number of urea groups is 1. The molecule has 0 aliphatic carbocycles. The first-order chi connectivity index (χ1) is 16.3. The molecule has 1 saturated heterocycles. The third-order valence-electron chi connectivity index (χ3n) is 6.49. The van der Waals surface area contributed by atoms with E-state index in [9.17, 15) is 18.8 Å². The highest BCUT2D eigenvalue weighted by atomic mass is 19.1. The van der Waals surface area contributed by atoms with Crippen molar-refractivity contribution in [1.29, 1.82) is 0 Å². The Labute approximate surface area is 197 Å². The van der Waals surface area contributed by atoms with Gasteiger partial charge < -0.3 is 14.3 Å². The first kappa shape index (κ1) is 23.5. The fourth-order valence-corrected chi connectivity index (χ4v) is 4.57. The second-order valence-electron chi connectivity index (χ2n) is 8.71. The van der Waals surface area contributed by atoms with Gasteiger partial charge in [0.2, 0.25) is 0 Å². The van der Waals surface area contributed by atoms with Crippen LogP contribution in [0.2, 0.25) is 0 Å². The number of hydrogen-bond acceptors (Lipinski definition) is 4. The molecule has 3 heterocycles. The molecule has 3 aromatic rings. The summed E-state index contributed by atoms with van der Waals surface area (Å²) in [6.45, 7) is 5.82. The maximum Gasteiger partial charge on any atom is 0.325 e. The molecule has 0 spiro atoms. The number of aromatic nitrogens is 1. The smallest absolute Gasteiger partial charge is 0.325 e. The number of aryl methyl sites for hydroxylation is 1. The predicted molar refractivity (Wildman–Crippen MR) is 124 cm³/mol. The summed E-state index contributed by atoms with van der Waals surface area (Å²) < 4.78 is 20.9. The van der Waals surface area contributed by atoms with Crippen LogP contribution in [0, 0.1) is 19.7 Å². The van der Waals surface area contributed by atoms with E-state index in [1.807, 2.05) is 31.4 Å². The van der Waals surface area contributed by atoms with E-state index in [1.165, 1.54) is 24.3 Å². The highest BCUT2D eigenvalue weighted by Crippen LogP contribution is 2.34. The minimum atomic E-state index is -1.31. The Kier molecular flexibility index (Phi) is 6.41. The molecule has 3 amide bonds. The standard InChI is InChI=1S/C26H28FN3O4/c1-4-5-12-26(19-8-10-20(27)11-9-19)24(32)30(25(33)28-26)16-23(31)22-14-17(2)29(18(22)3)15-21-7-6-13-34-21/h6-11,13-14H,4-5,12,15-16H2,1-3H3,(H,28,33)/t26-/m0/s1. The summed E-state index contributed by atoms with van der Waals surface area (Å²) in [4.78, 5) is 40.6. The normalized spacial score (nSPS) is 17.9. The van der Waals surface area contributed by atoms with Gasteiger partial charge in [-0.1, -0.05) is 31.9 Å². The fourth-order valence-electron chi connectivity index (χ4n) is 4.57. The maximum absolute atomic E-state index is 13.5. The zero-order valence-corrected chi connectivity index (χ0v) is 19.6. The molecule has 1 atom stereocenters. The Morgan fingerprint density at radius 2 is 1.88 bits per heavy atom. The number of furan rings is 1. The largest absolute Gasteiger partial charge is 0.467 e. The van der Waals surface area contributed by atoms with Gasteiger partial charge in [-0.2, -0.15) is 0 Å². The SMILES string of the molecule is CCCC[C@@]1(c2ccc(F)cc2)NC(=O)N(CC(=O)c2cc(C)n(Cc3ccco3)c2C)C1=O. The number of unbranched alkanes of at least 4 members (excludes halogenated alkanes) is 1. The van der Waals surface area contributed by atoms with Crippen LogP contribution in [0.3, 0.4) is 0 Å². The van der Waals surface area contributed by atoms with Crippen molar-refractivity contribution in [2.45, 2.75) is 52.1 Å². The second kappa shape index (κ2) is 9.29. The summed E-state index contributed by atoms with van der Waals surface area (Å²) in [7, 11) is 0.